The van der Waals surface area contributed by atoms with E-state index in [0.717, 1.165) is 22.6 Å². The first-order valence-electron chi connectivity index (χ1n) is 9.39. The third-order valence-electron chi connectivity index (χ3n) is 4.73. The molecule has 0 spiro atoms. The Morgan fingerprint density at radius 3 is 2.50 bits per heavy atom. The molecular formula is C24H21Cl3N2O. The van der Waals surface area contributed by atoms with Crippen LogP contribution in [0.5, 0.6) is 5.75 Å². The highest BCUT2D eigenvalue weighted by atomic mass is 35.5. The molecule has 1 aromatic heterocycles. The second-order valence-electron chi connectivity index (χ2n) is 6.71. The average Bonchev–Trinajstić information content (AvgIpc) is 2.74. The number of halogens is 3. The summed E-state index contributed by atoms with van der Waals surface area (Å²) in [6.45, 7) is 1.73. The lowest BCUT2D eigenvalue weighted by atomic mass is 10.0. The topological polar surface area (TPSA) is 34.1 Å². The van der Waals surface area contributed by atoms with Crippen molar-refractivity contribution in [1.82, 2.24) is 10.3 Å². The molecule has 0 amide bonds. The SMILES string of the molecule is Cl.Clc1ccc(COc2ccc3ccccc3c2CNCc2ccccn2)c(Cl)c1. The van der Waals surface area contributed by atoms with Gasteiger partial charge in [-0.1, -0.05) is 65.7 Å². The van der Waals surface area contributed by atoms with Crippen molar-refractivity contribution in [2.24, 2.45) is 0 Å². The van der Waals surface area contributed by atoms with Gasteiger partial charge in [0.25, 0.3) is 0 Å². The Labute approximate surface area is 192 Å². The minimum atomic E-state index is 0. The van der Waals surface area contributed by atoms with Crippen LogP contribution in [0.1, 0.15) is 16.8 Å². The van der Waals surface area contributed by atoms with E-state index in [1.165, 1.54) is 10.8 Å². The summed E-state index contributed by atoms with van der Waals surface area (Å²) >= 11 is 12.3. The van der Waals surface area contributed by atoms with Gasteiger partial charge in [0, 0.05) is 40.5 Å². The van der Waals surface area contributed by atoms with Crippen LogP contribution >= 0.6 is 35.6 Å². The van der Waals surface area contributed by atoms with Gasteiger partial charge in [0.2, 0.25) is 0 Å². The molecule has 1 heterocycles. The fourth-order valence-electron chi connectivity index (χ4n) is 3.25. The zero-order valence-corrected chi connectivity index (χ0v) is 18.5. The first kappa shape index (κ1) is 22.4. The van der Waals surface area contributed by atoms with Gasteiger partial charge in [-0.15, -0.1) is 12.4 Å². The molecule has 3 aromatic carbocycles. The summed E-state index contributed by atoms with van der Waals surface area (Å²) in [5.74, 6) is 0.836. The first-order valence-corrected chi connectivity index (χ1v) is 10.1. The molecule has 4 rings (SSSR count). The van der Waals surface area contributed by atoms with Gasteiger partial charge < -0.3 is 10.1 Å². The number of hydrogen-bond acceptors (Lipinski definition) is 3. The molecule has 0 bridgehead atoms. The van der Waals surface area contributed by atoms with Crippen molar-refractivity contribution in [3.63, 3.8) is 0 Å². The Morgan fingerprint density at radius 1 is 0.867 bits per heavy atom. The van der Waals surface area contributed by atoms with Crippen LogP contribution in [0.3, 0.4) is 0 Å². The van der Waals surface area contributed by atoms with Crippen molar-refractivity contribution in [2.45, 2.75) is 19.7 Å². The minimum absolute atomic E-state index is 0. The van der Waals surface area contributed by atoms with Gasteiger partial charge in [0.15, 0.2) is 0 Å². The Kier molecular flexibility index (Phi) is 7.94. The summed E-state index contributed by atoms with van der Waals surface area (Å²) in [4.78, 5) is 4.37. The van der Waals surface area contributed by atoms with Crippen molar-refractivity contribution in [2.75, 3.05) is 0 Å². The van der Waals surface area contributed by atoms with E-state index in [4.69, 9.17) is 27.9 Å². The fraction of sp³-hybridized carbons (Fsp3) is 0.125. The Hall–Kier alpha value is -2.30. The van der Waals surface area contributed by atoms with Crippen LogP contribution in [0.4, 0.5) is 0 Å². The quantitative estimate of drug-likeness (QED) is 0.329. The Balaban J connectivity index is 0.00000256. The molecule has 0 aliphatic rings. The normalized spacial score (nSPS) is 10.6. The van der Waals surface area contributed by atoms with Crippen molar-refractivity contribution in [3.8, 4) is 5.75 Å². The highest BCUT2D eigenvalue weighted by molar-refractivity contribution is 6.35. The van der Waals surface area contributed by atoms with Crippen molar-refractivity contribution in [1.29, 1.82) is 0 Å². The molecule has 0 saturated heterocycles. The lowest BCUT2D eigenvalue weighted by Crippen LogP contribution is -2.15. The van der Waals surface area contributed by atoms with Gasteiger partial charge in [-0.3, -0.25) is 4.98 Å². The zero-order chi connectivity index (χ0) is 20.1. The maximum atomic E-state index is 6.30. The smallest absolute Gasteiger partial charge is 0.124 e. The van der Waals surface area contributed by atoms with Crippen LogP contribution in [0.25, 0.3) is 10.8 Å². The molecule has 0 radical (unpaired) electrons. The number of pyridine rings is 1. The highest BCUT2D eigenvalue weighted by Gasteiger charge is 2.10. The van der Waals surface area contributed by atoms with E-state index in [2.05, 4.69) is 28.5 Å². The average molecular weight is 460 g/mol. The van der Waals surface area contributed by atoms with Crippen LogP contribution in [0, 0.1) is 0 Å². The van der Waals surface area contributed by atoms with Crippen LogP contribution in [-0.2, 0) is 19.7 Å². The molecule has 30 heavy (non-hydrogen) atoms. The largest absolute Gasteiger partial charge is 0.488 e. The molecule has 0 aliphatic heterocycles. The lowest BCUT2D eigenvalue weighted by molar-refractivity contribution is 0.303. The van der Waals surface area contributed by atoms with E-state index < -0.39 is 0 Å². The molecule has 154 valence electrons. The van der Waals surface area contributed by atoms with Crippen molar-refractivity contribution >= 4 is 46.4 Å². The molecule has 6 heteroatoms. The van der Waals surface area contributed by atoms with Crippen LogP contribution in [-0.4, -0.2) is 4.98 Å². The molecular weight excluding hydrogens is 439 g/mol. The predicted octanol–water partition coefficient (Wildman–Crippen LogP) is 6.83. The van der Waals surface area contributed by atoms with Gasteiger partial charge in [-0.2, -0.15) is 0 Å². The van der Waals surface area contributed by atoms with Gasteiger partial charge in [-0.25, -0.2) is 0 Å². The van der Waals surface area contributed by atoms with Gasteiger partial charge >= 0.3 is 0 Å². The number of nitrogens with zero attached hydrogens (tertiary/aromatic N) is 1. The maximum Gasteiger partial charge on any atom is 0.124 e. The minimum Gasteiger partial charge on any atom is -0.488 e. The highest BCUT2D eigenvalue weighted by Crippen LogP contribution is 2.30. The first-order chi connectivity index (χ1) is 14.2. The van der Waals surface area contributed by atoms with Gasteiger partial charge in [0.05, 0.1) is 5.69 Å². The van der Waals surface area contributed by atoms with E-state index in [0.29, 0.717) is 29.7 Å². The van der Waals surface area contributed by atoms with Crippen molar-refractivity contribution in [3.05, 3.63) is 106 Å². The second kappa shape index (κ2) is 10.6. The standard InChI is InChI=1S/C24H20Cl2N2O.ClH/c25-19-10-8-18(23(26)13-19)16-29-24-11-9-17-5-1-2-7-21(17)22(24)15-27-14-20-6-3-4-12-28-20;/h1-13,27H,14-16H2;1H. The number of rotatable bonds is 7. The molecule has 3 nitrogen and oxygen atoms in total. The second-order valence-corrected chi connectivity index (χ2v) is 7.56. The number of benzene rings is 3. The maximum absolute atomic E-state index is 6.30. The molecule has 1 N–H and O–H groups in total. The Morgan fingerprint density at radius 2 is 1.70 bits per heavy atom. The number of hydrogen-bond donors (Lipinski definition) is 1. The number of fused-ring (bicyclic) bond motifs is 1. The summed E-state index contributed by atoms with van der Waals surface area (Å²) in [6, 6.07) is 23.8. The third kappa shape index (κ3) is 5.44. The van der Waals surface area contributed by atoms with Crippen LogP contribution in [0.2, 0.25) is 10.0 Å². The third-order valence-corrected chi connectivity index (χ3v) is 5.32. The number of aromatic nitrogens is 1. The molecule has 4 aromatic rings. The lowest BCUT2D eigenvalue weighted by Gasteiger charge is -2.16. The predicted molar refractivity (Wildman–Crippen MR) is 127 cm³/mol. The van der Waals surface area contributed by atoms with E-state index >= 15 is 0 Å². The summed E-state index contributed by atoms with van der Waals surface area (Å²) in [6.07, 6.45) is 1.80. The Bertz CT molecular complexity index is 1120. The van der Waals surface area contributed by atoms with E-state index in [-0.39, 0.29) is 12.4 Å². The molecule has 0 fully saturated rings. The van der Waals surface area contributed by atoms with E-state index in [1.807, 2.05) is 48.5 Å². The molecule has 0 unspecified atom stereocenters. The fourth-order valence-corrected chi connectivity index (χ4v) is 3.71. The van der Waals surface area contributed by atoms with E-state index in [9.17, 15) is 0 Å². The summed E-state index contributed by atoms with van der Waals surface area (Å²) in [5.41, 5.74) is 3.02. The van der Waals surface area contributed by atoms with Gasteiger partial charge in [-0.05, 0) is 41.1 Å². The molecule has 0 atom stereocenters. The monoisotopic (exact) mass is 458 g/mol. The number of ether oxygens (including phenoxy) is 1. The summed E-state index contributed by atoms with van der Waals surface area (Å²) < 4.78 is 6.17. The molecule has 0 aliphatic carbocycles. The van der Waals surface area contributed by atoms with Crippen LogP contribution in [0.15, 0.2) is 79.0 Å². The summed E-state index contributed by atoms with van der Waals surface area (Å²) in [7, 11) is 0. The van der Waals surface area contributed by atoms with Crippen molar-refractivity contribution < 1.29 is 4.74 Å². The van der Waals surface area contributed by atoms with Gasteiger partial charge in [0.1, 0.15) is 12.4 Å². The number of nitrogens with one attached hydrogen (secondary N) is 1. The summed E-state index contributed by atoms with van der Waals surface area (Å²) in [5, 5.41) is 7.05. The zero-order valence-electron chi connectivity index (χ0n) is 16.1. The van der Waals surface area contributed by atoms with E-state index in [1.54, 1.807) is 12.3 Å². The van der Waals surface area contributed by atoms with Crippen LogP contribution < -0.4 is 10.1 Å². The molecule has 0 saturated carbocycles.